The fraction of sp³-hybridized carbons (Fsp3) is 0.172. The van der Waals surface area contributed by atoms with E-state index in [4.69, 9.17) is 36.6 Å². The summed E-state index contributed by atoms with van der Waals surface area (Å²) >= 11 is 23.7. The van der Waals surface area contributed by atoms with Crippen LogP contribution in [-0.4, -0.2) is 69.2 Å². The third-order valence-electron chi connectivity index (χ3n) is 4.24. The van der Waals surface area contributed by atoms with Gasteiger partial charge in [0.2, 0.25) is 0 Å². The maximum absolute atomic E-state index is 10.4. The Bertz CT molecular complexity index is 1410. The summed E-state index contributed by atoms with van der Waals surface area (Å²) in [6, 6.07) is 8.77. The number of benzene rings is 3. The van der Waals surface area contributed by atoms with Crippen LogP contribution in [0.5, 0.6) is 28.7 Å². The molecular weight excluding hydrogens is 1140 g/mol. The number of hydrogen-bond acceptors (Lipinski definition) is 12. The van der Waals surface area contributed by atoms with Crippen LogP contribution in [0.4, 0.5) is 0 Å². The van der Waals surface area contributed by atoms with E-state index < -0.39 is 0 Å². The molecule has 3 rings (SSSR count). The van der Waals surface area contributed by atoms with Crippen molar-refractivity contribution < 1.29 is 163 Å². The molecule has 3 aromatic rings. The molecule has 12 nitrogen and oxygen atoms in total. The summed E-state index contributed by atoms with van der Waals surface area (Å²) in [7, 11) is 3.00. The fourth-order valence-electron chi connectivity index (χ4n) is 2.24. The van der Waals surface area contributed by atoms with E-state index in [9.17, 15) is 24.6 Å². The summed E-state index contributed by atoms with van der Waals surface area (Å²) in [5.74, 6) is 2.16. The summed E-state index contributed by atoms with van der Waals surface area (Å²) in [4.78, 5) is 42.3. The van der Waals surface area contributed by atoms with Crippen LogP contribution in [0.1, 0.15) is 45.0 Å². The summed E-state index contributed by atoms with van der Waals surface area (Å²) in [6.45, 7) is 3.24. The van der Waals surface area contributed by atoms with E-state index in [1.807, 2.05) is 0 Å². The fourth-order valence-corrected chi connectivity index (χ4v) is 3.63. The monoisotopic (exact) mass is 1170 g/mol. The smallest absolute Gasteiger partial charge is 1.00 e. The number of terminal acetylenes is 1. The first-order valence-electron chi connectivity index (χ1n) is 12.2. The van der Waals surface area contributed by atoms with Gasteiger partial charge in [0, 0.05) is 37.2 Å². The third-order valence-corrected chi connectivity index (χ3v) is 6.52. The van der Waals surface area contributed by atoms with Crippen LogP contribution >= 0.6 is 107 Å². The Labute approximate surface area is 438 Å². The van der Waals surface area contributed by atoms with Crippen LogP contribution in [0, 0.1) is 19.3 Å². The van der Waals surface area contributed by atoms with Crippen molar-refractivity contribution in [2.24, 2.45) is 0 Å². The maximum atomic E-state index is 10.4. The van der Waals surface area contributed by atoms with Crippen LogP contribution in [0.15, 0.2) is 49.8 Å². The van der Waals surface area contributed by atoms with Crippen LogP contribution < -0.4 is 113 Å². The summed E-state index contributed by atoms with van der Waals surface area (Å²) in [5.41, 5.74) is 1.92. The van der Waals surface area contributed by atoms with Gasteiger partial charge in [-0.2, -0.15) is 0 Å². The van der Waals surface area contributed by atoms with Gasteiger partial charge in [0.1, 0.15) is 11.8 Å². The zero-order valence-electron chi connectivity index (χ0n) is 28.8. The molecule has 0 heterocycles. The van der Waals surface area contributed by atoms with Crippen molar-refractivity contribution >= 4 is 135 Å². The average Bonchev–Trinajstić information content (AvgIpc) is 3.06. The third kappa shape index (κ3) is 35.3. The number of alkyl halides is 1. The summed E-state index contributed by atoms with van der Waals surface area (Å²) < 4.78 is 11.2. The van der Waals surface area contributed by atoms with Gasteiger partial charge in [-0.25, -0.2) is 0 Å². The second-order valence-corrected chi connectivity index (χ2v) is 16.8. The van der Waals surface area contributed by atoms with Crippen LogP contribution in [-0.2, 0) is 14.4 Å². The van der Waals surface area contributed by atoms with Gasteiger partial charge in [-0.05, 0) is 87.7 Å². The van der Waals surface area contributed by atoms with E-state index in [-0.39, 0.29) is 137 Å². The van der Waals surface area contributed by atoms with E-state index in [0.29, 0.717) is 60.8 Å². The summed E-state index contributed by atoms with van der Waals surface area (Å²) in [5, 5.41) is 44.7. The molecule has 22 heteroatoms. The van der Waals surface area contributed by atoms with Crippen LogP contribution in [0.3, 0.4) is 0 Å². The standard InChI is InChI=1S/C8H7BrO3.C8H7BrO2.C7H5BrO3.C3H4.C2H5ClO.CH2O3.BBr3.2K.H/c1-12-8-3-6(9)5(4-10)2-7(8)11;1-5-2-7(9)6(4-10)3-8(5)11;8-5-2-7(11)6(10)1-4(5)3-9;1-3-2;1-4-2-3;2-1-4-3;2-1(3)4;;;/h2-4,11H,1H3;2-4,11H,1H3;1-3,10-11H;1H,2H3;2H2,1H3;1,3H;;;;/q;;;;;;;2*+1;-1/p-1. The molecule has 0 fully saturated rings. The van der Waals surface area contributed by atoms with Crippen molar-refractivity contribution in [1.82, 2.24) is 0 Å². The first-order valence-corrected chi connectivity index (χ1v) is 17.8. The Hall–Kier alpha value is 1.13. The molecule has 0 spiro atoms. The Morgan fingerprint density at radius 1 is 0.784 bits per heavy atom. The molecular formula is C29H30BBr6ClK2O12. The first kappa shape index (κ1) is 64.0. The number of hydrogen-bond donors (Lipinski definition) is 4. The zero-order chi connectivity index (χ0) is 39.1. The van der Waals surface area contributed by atoms with Gasteiger partial charge in [0.25, 0.3) is 6.47 Å². The molecule has 0 aliphatic heterocycles. The normalized spacial score (nSPS) is 8.06. The molecule has 0 saturated heterocycles. The van der Waals surface area contributed by atoms with Crippen molar-refractivity contribution in [1.29, 1.82) is 0 Å². The van der Waals surface area contributed by atoms with E-state index in [0.717, 1.165) is 5.56 Å². The predicted molar refractivity (Wildman–Crippen MR) is 210 cm³/mol. The van der Waals surface area contributed by atoms with Gasteiger partial charge in [0.15, 0.2) is 41.9 Å². The van der Waals surface area contributed by atoms with Crippen LogP contribution in [0.25, 0.3) is 0 Å². The van der Waals surface area contributed by atoms with Crippen molar-refractivity contribution in [3.8, 4) is 41.1 Å². The number of aryl methyl sites for hydroxylation is 1. The Morgan fingerprint density at radius 2 is 1.08 bits per heavy atom. The van der Waals surface area contributed by atoms with Crippen LogP contribution in [0.2, 0.25) is 0 Å². The van der Waals surface area contributed by atoms with E-state index in [2.05, 4.69) is 117 Å². The van der Waals surface area contributed by atoms with Gasteiger partial charge in [-0.15, -0.1) is 59.6 Å². The molecule has 4 N–H and O–H groups in total. The molecule has 0 radical (unpaired) electrons. The minimum Gasteiger partial charge on any atom is -1.00 e. The van der Waals surface area contributed by atoms with Gasteiger partial charge in [-0.3, -0.25) is 19.2 Å². The minimum atomic E-state index is -0.296. The number of phenolic OH excluding ortho intramolecular Hbond substituents is 4. The molecule has 3 aromatic carbocycles. The number of aldehydes is 3. The largest absolute Gasteiger partial charge is 1.00 e. The molecule has 0 saturated carbocycles. The Morgan fingerprint density at radius 3 is 1.39 bits per heavy atom. The van der Waals surface area contributed by atoms with Gasteiger partial charge in [0.05, 0.1) is 7.11 Å². The zero-order valence-corrected chi connectivity index (χ0v) is 44.4. The van der Waals surface area contributed by atoms with Gasteiger partial charge in [-0.1, -0.05) is 27.5 Å². The maximum Gasteiger partial charge on any atom is 1.00 e. The predicted octanol–water partition coefficient (Wildman–Crippen LogP) is 2.10. The van der Waals surface area contributed by atoms with E-state index >= 15 is 0 Å². The van der Waals surface area contributed by atoms with Crippen molar-refractivity contribution in [3.63, 3.8) is 0 Å². The molecule has 0 aliphatic rings. The van der Waals surface area contributed by atoms with E-state index in [1.165, 1.54) is 31.4 Å². The number of aromatic hydroxyl groups is 4. The molecule has 51 heavy (non-hydrogen) atoms. The van der Waals surface area contributed by atoms with Crippen molar-refractivity contribution in [3.05, 3.63) is 72.1 Å². The van der Waals surface area contributed by atoms with Crippen molar-refractivity contribution in [2.45, 2.75) is 13.8 Å². The number of methoxy groups -OCH3 is 2. The Kier molecular flexibility index (Phi) is 53.1. The number of halogens is 7. The number of carbonyl (C=O) groups is 4. The van der Waals surface area contributed by atoms with Gasteiger partial charge < -0.3 is 41.5 Å². The molecule has 0 amide bonds. The van der Waals surface area contributed by atoms with Gasteiger partial charge >= 0.3 is 106 Å². The number of ether oxygens (including phenoxy) is 2. The van der Waals surface area contributed by atoms with Crippen molar-refractivity contribution in [2.75, 3.05) is 20.3 Å². The second-order valence-electron chi connectivity index (χ2n) is 7.55. The number of carbonyl (C=O) groups excluding carboxylic acids is 4. The molecule has 0 aliphatic carbocycles. The topological polar surface area (TPSA) is 200 Å². The number of phenols is 4. The molecule has 272 valence electrons. The molecule has 0 atom stereocenters. The SMILES string of the molecule is BrB(Br)Br.C#CC.COCCl.COc1cc(Br)c(C=O)cc1O.Cc1cc(Br)c(C=O)cc1O.O=CO[O-].O=Cc1cc(O)c(O)cc1Br.[H-].[K+].[K+]. The minimum absolute atomic E-state index is 0. The quantitative estimate of drug-likeness (QED) is 0.0535. The number of rotatable bonds is 6. The molecule has 0 bridgehead atoms. The second kappa shape index (κ2) is 42.3. The summed E-state index contributed by atoms with van der Waals surface area (Å²) in [6.07, 6.45) is 6.54. The Balaban J connectivity index is -0.0000000958. The molecule has 0 unspecified atom stereocenters. The first-order chi connectivity index (χ1) is 23.0. The molecule has 0 aromatic heterocycles. The average molecular weight is 1170 g/mol. The van der Waals surface area contributed by atoms with E-state index in [1.54, 1.807) is 33.1 Å².